The molecule has 2 aromatic rings. The number of ether oxygens (including phenoxy) is 2. The molecule has 2 rings (SSSR count). The third-order valence-electron chi connectivity index (χ3n) is 2.91. The highest BCUT2D eigenvalue weighted by Gasteiger charge is 2.10. The minimum absolute atomic E-state index is 0.712. The standard InChI is InChI=1S/C14H18BrN3O2/c1-18-9-11(8-17-18)7-16-6-10-4-12(15)14(20-3)13(5-10)19-2/h4-5,8-9,16H,6-7H2,1-3H3. The fraction of sp³-hybridized carbons (Fsp3) is 0.357. The van der Waals surface area contributed by atoms with Crippen LogP contribution in [-0.2, 0) is 20.1 Å². The van der Waals surface area contributed by atoms with Crippen LogP contribution in [0.4, 0.5) is 0 Å². The molecule has 0 fully saturated rings. The predicted octanol–water partition coefficient (Wildman–Crippen LogP) is 2.49. The first kappa shape index (κ1) is 14.9. The van der Waals surface area contributed by atoms with Crippen molar-refractivity contribution in [1.82, 2.24) is 15.1 Å². The van der Waals surface area contributed by atoms with Crippen LogP contribution in [0.2, 0.25) is 0 Å². The van der Waals surface area contributed by atoms with Gasteiger partial charge in [-0.25, -0.2) is 0 Å². The number of nitrogens with one attached hydrogen (secondary N) is 1. The Kier molecular flexibility index (Phi) is 5.03. The number of benzene rings is 1. The number of halogens is 1. The van der Waals surface area contributed by atoms with E-state index in [0.717, 1.165) is 34.4 Å². The van der Waals surface area contributed by atoms with Crippen LogP contribution in [0.25, 0.3) is 0 Å². The monoisotopic (exact) mass is 339 g/mol. The summed E-state index contributed by atoms with van der Waals surface area (Å²) in [5, 5.41) is 7.52. The maximum absolute atomic E-state index is 5.33. The predicted molar refractivity (Wildman–Crippen MR) is 81.0 cm³/mol. The largest absolute Gasteiger partial charge is 0.493 e. The van der Waals surface area contributed by atoms with Gasteiger partial charge in [0.2, 0.25) is 0 Å². The Bertz CT molecular complexity index is 584. The van der Waals surface area contributed by atoms with Gasteiger partial charge >= 0.3 is 0 Å². The Balaban J connectivity index is 2.01. The number of hydrogen-bond donors (Lipinski definition) is 1. The van der Waals surface area contributed by atoms with Gasteiger partial charge in [-0.3, -0.25) is 4.68 Å². The summed E-state index contributed by atoms with van der Waals surface area (Å²) < 4.78 is 13.3. The van der Waals surface area contributed by atoms with E-state index in [2.05, 4.69) is 26.3 Å². The first-order chi connectivity index (χ1) is 9.63. The molecule has 0 saturated carbocycles. The minimum Gasteiger partial charge on any atom is -0.493 e. The molecular weight excluding hydrogens is 322 g/mol. The molecule has 0 aliphatic heterocycles. The summed E-state index contributed by atoms with van der Waals surface area (Å²) in [6, 6.07) is 4.00. The van der Waals surface area contributed by atoms with Crippen molar-refractivity contribution in [3.05, 3.63) is 40.1 Å². The van der Waals surface area contributed by atoms with E-state index in [9.17, 15) is 0 Å². The fourth-order valence-corrected chi connectivity index (χ4v) is 2.64. The molecule has 20 heavy (non-hydrogen) atoms. The maximum Gasteiger partial charge on any atom is 0.174 e. The van der Waals surface area contributed by atoms with Crippen LogP contribution in [0.5, 0.6) is 11.5 Å². The van der Waals surface area contributed by atoms with Gasteiger partial charge in [0.05, 0.1) is 24.9 Å². The first-order valence-electron chi connectivity index (χ1n) is 6.22. The fourth-order valence-electron chi connectivity index (χ4n) is 1.99. The molecule has 0 bridgehead atoms. The van der Waals surface area contributed by atoms with Crippen molar-refractivity contribution in [3.8, 4) is 11.5 Å². The van der Waals surface area contributed by atoms with Crippen molar-refractivity contribution in [3.63, 3.8) is 0 Å². The third kappa shape index (κ3) is 3.52. The van der Waals surface area contributed by atoms with Crippen LogP contribution in [0.1, 0.15) is 11.1 Å². The summed E-state index contributed by atoms with van der Waals surface area (Å²) in [7, 11) is 5.18. The second-order valence-electron chi connectivity index (χ2n) is 4.44. The SMILES string of the molecule is COc1cc(CNCc2cnn(C)c2)cc(Br)c1OC. The van der Waals surface area contributed by atoms with Gasteiger partial charge in [0.15, 0.2) is 11.5 Å². The summed E-state index contributed by atoms with van der Waals surface area (Å²) in [6.07, 6.45) is 3.86. The van der Waals surface area contributed by atoms with Crippen molar-refractivity contribution in [2.24, 2.45) is 7.05 Å². The summed E-state index contributed by atoms with van der Waals surface area (Å²) in [4.78, 5) is 0. The number of nitrogens with zero attached hydrogens (tertiary/aromatic N) is 2. The van der Waals surface area contributed by atoms with Gasteiger partial charge in [-0.1, -0.05) is 0 Å². The van der Waals surface area contributed by atoms with Crippen LogP contribution in [0, 0.1) is 0 Å². The number of methoxy groups -OCH3 is 2. The van der Waals surface area contributed by atoms with E-state index >= 15 is 0 Å². The molecule has 0 spiro atoms. The maximum atomic E-state index is 5.33. The van der Waals surface area contributed by atoms with Crippen LogP contribution >= 0.6 is 15.9 Å². The van der Waals surface area contributed by atoms with Gasteiger partial charge in [-0.05, 0) is 33.6 Å². The molecule has 0 unspecified atom stereocenters. The van der Waals surface area contributed by atoms with Crippen molar-refractivity contribution in [2.45, 2.75) is 13.1 Å². The first-order valence-corrected chi connectivity index (χ1v) is 7.02. The Morgan fingerprint density at radius 2 is 1.95 bits per heavy atom. The lowest BCUT2D eigenvalue weighted by Gasteiger charge is -2.12. The molecule has 5 nitrogen and oxygen atoms in total. The Labute approximate surface area is 127 Å². The second-order valence-corrected chi connectivity index (χ2v) is 5.29. The lowest BCUT2D eigenvalue weighted by molar-refractivity contribution is 0.352. The summed E-state index contributed by atoms with van der Waals surface area (Å²) in [5.74, 6) is 1.43. The molecular formula is C14H18BrN3O2. The number of rotatable bonds is 6. The summed E-state index contributed by atoms with van der Waals surface area (Å²) in [6.45, 7) is 1.52. The number of aryl methyl sites for hydroxylation is 1. The van der Waals surface area contributed by atoms with E-state index in [4.69, 9.17) is 9.47 Å². The highest BCUT2D eigenvalue weighted by atomic mass is 79.9. The van der Waals surface area contributed by atoms with E-state index in [-0.39, 0.29) is 0 Å². The average Bonchev–Trinajstić information content (AvgIpc) is 2.83. The van der Waals surface area contributed by atoms with Crippen molar-refractivity contribution < 1.29 is 9.47 Å². The van der Waals surface area contributed by atoms with E-state index in [1.54, 1.807) is 18.9 Å². The summed E-state index contributed by atoms with van der Waals surface area (Å²) in [5.41, 5.74) is 2.28. The van der Waals surface area contributed by atoms with E-state index < -0.39 is 0 Å². The lowest BCUT2D eigenvalue weighted by Crippen LogP contribution is -2.12. The molecule has 1 N–H and O–H groups in total. The zero-order chi connectivity index (χ0) is 14.5. The number of hydrogen-bond acceptors (Lipinski definition) is 4. The third-order valence-corrected chi connectivity index (χ3v) is 3.50. The normalized spacial score (nSPS) is 10.6. The van der Waals surface area contributed by atoms with Crippen LogP contribution in [0.3, 0.4) is 0 Å². The molecule has 0 amide bonds. The van der Waals surface area contributed by atoms with E-state index in [1.165, 1.54) is 0 Å². The molecule has 1 aromatic heterocycles. The van der Waals surface area contributed by atoms with Crippen LogP contribution < -0.4 is 14.8 Å². The van der Waals surface area contributed by atoms with Gasteiger partial charge in [-0.15, -0.1) is 0 Å². The molecule has 0 saturated heterocycles. The van der Waals surface area contributed by atoms with E-state index in [0.29, 0.717) is 5.75 Å². The van der Waals surface area contributed by atoms with Gasteiger partial charge in [0.25, 0.3) is 0 Å². The topological polar surface area (TPSA) is 48.3 Å². The second kappa shape index (κ2) is 6.76. The van der Waals surface area contributed by atoms with Gasteiger partial charge < -0.3 is 14.8 Å². The minimum atomic E-state index is 0.712. The highest BCUT2D eigenvalue weighted by molar-refractivity contribution is 9.10. The smallest absolute Gasteiger partial charge is 0.174 e. The van der Waals surface area contributed by atoms with Gasteiger partial charge in [0.1, 0.15) is 0 Å². The molecule has 1 aromatic carbocycles. The van der Waals surface area contributed by atoms with Crippen molar-refractivity contribution in [1.29, 1.82) is 0 Å². The molecule has 1 heterocycles. The quantitative estimate of drug-likeness (QED) is 0.878. The van der Waals surface area contributed by atoms with Gasteiger partial charge in [-0.2, -0.15) is 5.10 Å². The zero-order valence-corrected chi connectivity index (χ0v) is 13.4. The average molecular weight is 340 g/mol. The van der Waals surface area contributed by atoms with E-state index in [1.807, 2.05) is 31.6 Å². The zero-order valence-electron chi connectivity index (χ0n) is 11.8. The lowest BCUT2D eigenvalue weighted by atomic mass is 10.2. The van der Waals surface area contributed by atoms with Crippen molar-refractivity contribution in [2.75, 3.05) is 14.2 Å². The Morgan fingerprint density at radius 3 is 2.55 bits per heavy atom. The Hall–Kier alpha value is -1.53. The number of aromatic nitrogens is 2. The highest BCUT2D eigenvalue weighted by Crippen LogP contribution is 2.36. The van der Waals surface area contributed by atoms with Crippen molar-refractivity contribution >= 4 is 15.9 Å². The van der Waals surface area contributed by atoms with Crippen LogP contribution in [-0.4, -0.2) is 24.0 Å². The Morgan fingerprint density at radius 1 is 1.20 bits per heavy atom. The molecule has 0 aliphatic carbocycles. The molecule has 0 aliphatic rings. The summed E-state index contributed by atoms with van der Waals surface area (Å²) >= 11 is 3.49. The molecule has 0 atom stereocenters. The van der Waals surface area contributed by atoms with Gasteiger partial charge in [0, 0.05) is 31.9 Å². The molecule has 6 heteroatoms. The molecule has 0 radical (unpaired) electrons. The molecule has 108 valence electrons. The van der Waals surface area contributed by atoms with Crippen LogP contribution in [0.15, 0.2) is 29.0 Å².